The van der Waals surface area contributed by atoms with Gasteiger partial charge in [-0.15, -0.1) is 5.48 Å². The van der Waals surface area contributed by atoms with Crippen LogP contribution in [0, 0.1) is 6.92 Å². The summed E-state index contributed by atoms with van der Waals surface area (Å²) >= 11 is 0. The van der Waals surface area contributed by atoms with Crippen LogP contribution in [0.25, 0.3) is 0 Å². The normalized spacial score (nSPS) is 16.9. The number of carbonyl (C=O) groups is 1. The topological polar surface area (TPSA) is 41.6 Å². The van der Waals surface area contributed by atoms with Crippen molar-refractivity contribution < 1.29 is 22.8 Å². The lowest BCUT2D eigenvalue weighted by atomic mass is 10.0. The van der Waals surface area contributed by atoms with E-state index in [-0.39, 0.29) is 6.04 Å². The Labute approximate surface area is 120 Å². The minimum absolute atomic E-state index is 0.252. The Balaban J connectivity index is 1.78. The van der Waals surface area contributed by atoms with Crippen LogP contribution in [0.15, 0.2) is 24.3 Å². The van der Waals surface area contributed by atoms with Crippen molar-refractivity contribution in [3.63, 3.8) is 0 Å². The second kappa shape index (κ2) is 6.34. The molecule has 1 fully saturated rings. The summed E-state index contributed by atoms with van der Waals surface area (Å²) in [5, 5.41) is 0. The molecule has 4 nitrogen and oxygen atoms in total. The molecule has 21 heavy (non-hydrogen) atoms. The Morgan fingerprint density at radius 3 is 2.33 bits per heavy atom. The van der Waals surface area contributed by atoms with Gasteiger partial charge in [-0.2, -0.15) is 13.2 Å². The fourth-order valence-electron chi connectivity index (χ4n) is 2.21. The number of nitrogens with zero attached hydrogens (tertiary/aromatic N) is 1. The largest absolute Gasteiger partial charge is 0.492 e. The second-order valence-corrected chi connectivity index (χ2v) is 5.10. The van der Waals surface area contributed by atoms with E-state index in [1.54, 1.807) is 0 Å². The standard InChI is InChI=1S/C14H17F3N2O2/c1-10-2-4-12(5-3-10)19-8-6-11(7-9-19)18-21-13(20)14(15,16)17/h2-5,11,18H,6-9H2,1H3. The molecule has 0 saturated carbocycles. The molecule has 0 atom stereocenters. The third kappa shape index (κ3) is 4.35. The lowest BCUT2D eigenvalue weighted by molar-refractivity contribution is -0.208. The first-order valence-corrected chi connectivity index (χ1v) is 6.71. The molecule has 2 rings (SSSR count). The van der Waals surface area contributed by atoms with Gasteiger partial charge in [-0.3, -0.25) is 0 Å². The number of rotatable bonds is 3. The smallest absolute Gasteiger partial charge is 0.371 e. The highest BCUT2D eigenvalue weighted by Gasteiger charge is 2.41. The summed E-state index contributed by atoms with van der Waals surface area (Å²) in [7, 11) is 0. The van der Waals surface area contributed by atoms with E-state index < -0.39 is 12.1 Å². The summed E-state index contributed by atoms with van der Waals surface area (Å²) in [5.41, 5.74) is 4.48. The van der Waals surface area contributed by atoms with E-state index in [9.17, 15) is 18.0 Å². The number of halogens is 3. The fraction of sp³-hybridized carbons (Fsp3) is 0.500. The van der Waals surface area contributed by atoms with Crippen molar-refractivity contribution in [2.45, 2.75) is 32.0 Å². The highest BCUT2D eigenvalue weighted by molar-refractivity contribution is 5.75. The van der Waals surface area contributed by atoms with E-state index in [1.807, 2.05) is 31.2 Å². The van der Waals surface area contributed by atoms with Crippen LogP contribution in [0.1, 0.15) is 18.4 Å². The summed E-state index contributed by atoms with van der Waals surface area (Å²) < 4.78 is 36.0. The molecule has 0 unspecified atom stereocenters. The molecule has 1 aliphatic heterocycles. The van der Waals surface area contributed by atoms with Crippen molar-refractivity contribution in [2.24, 2.45) is 0 Å². The van der Waals surface area contributed by atoms with Crippen LogP contribution in [0.3, 0.4) is 0 Å². The van der Waals surface area contributed by atoms with Crippen molar-refractivity contribution >= 4 is 11.7 Å². The number of carbonyl (C=O) groups excluding carboxylic acids is 1. The van der Waals surface area contributed by atoms with Gasteiger partial charge in [0.1, 0.15) is 0 Å². The third-order valence-corrected chi connectivity index (χ3v) is 3.44. The summed E-state index contributed by atoms with van der Waals surface area (Å²) in [4.78, 5) is 16.8. The van der Waals surface area contributed by atoms with Crippen LogP contribution in [-0.4, -0.2) is 31.3 Å². The van der Waals surface area contributed by atoms with Gasteiger partial charge < -0.3 is 9.74 Å². The monoisotopic (exact) mass is 302 g/mol. The molecule has 0 spiro atoms. The second-order valence-electron chi connectivity index (χ2n) is 5.10. The van der Waals surface area contributed by atoms with Crippen LogP contribution in [0.2, 0.25) is 0 Å². The van der Waals surface area contributed by atoms with Crippen molar-refractivity contribution in [2.75, 3.05) is 18.0 Å². The third-order valence-electron chi connectivity index (χ3n) is 3.44. The maximum atomic E-state index is 12.0. The number of hydrogen-bond acceptors (Lipinski definition) is 4. The van der Waals surface area contributed by atoms with Gasteiger partial charge in [-0.1, -0.05) is 17.7 Å². The number of nitrogens with one attached hydrogen (secondary N) is 1. The summed E-state index contributed by atoms with van der Waals surface area (Å²) in [6, 6.07) is 7.83. The fourth-order valence-corrected chi connectivity index (χ4v) is 2.21. The number of aryl methyl sites for hydroxylation is 1. The molecular formula is C14H17F3N2O2. The van der Waals surface area contributed by atoms with Crippen molar-refractivity contribution in [3.8, 4) is 0 Å². The molecule has 0 aliphatic carbocycles. The van der Waals surface area contributed by atoms with E-state index in [1.165, 1.54) is 5.56 Å². The van der Waals surface area contributed by atoms with Crippen LogP contribution in [0.4, 0.5) is 18.9 Å². The molecular weight excluding hydrogens is 285 g/mol. The Morgan fingerprint density at radius 2 is 1.81 bits per heavy atom. The highest BCUT2D eigenvalue weighted by atomic mass is 19.4. The van der Waals surface area contributed by atoms with Gasteiger partial charge in [0.2, 0.25) is 0 Å². The molecule has 1 aliphatic rings. The first-order chi connectivity index (χ1) is 9.86. The Kier molecular flexibility index (Phi) is 4.72. The van der Waals surface area contributed by atoms with Crippen molar-refractivity contribution in [3.05, 3.63) is 29.8 Å². The highest BCUT2D eigenvalue weighted by Crippen LogP contribution is 2.21. The number of hydrogen-bond donors (Lipinski definition) is 1. The first-order valence-electron chi connectivity index (χ1n) is 6.71. The maximum Gasteiger partial charge on any atom is 0.492 e. The predicted octanol–water partition coefficient (Wildman–Crippen LogP) is 2.57. The van der Waals surface area contributed by atoms with Gasteiger partial charge in [0, 0.05) is 24.8 Å². The zero-order valence-electron chi connectivity index (χ0n) is 11.6. The minimum Gasteiger partial charge on any atom is -0.371 e. The quantitative estimate of drug-likeness (QED) is 0.871. The molecule has 1 saturated heterocycles. The van der Waals surface area contributed by atoms with Crippen LogP contribution in [-0.2, 0) is 9.63 Å². The molecule has 116 valence electrons. The van der Waals surface area contributed by atoms with Gasteiger partial charge in [0.15, 0.2) is 0 Å². The summed E-state index contributed by atoms with van der Waals surface area (Å²) in [5.74, 6) is -2.21. The lowest BCUT2D eigenvalue weighted by Crippen LogP contribution is -2.44. The van der Waals surface area contributed by atoms with Crippen LogP contribution < -0.4 is 10.4 Å². The molecule has 0 bridgehead atoms. The van der Waals surface area contributed by atoms with Gasteiger partial charge in [-0.25, -0.2) is 4.79 Å². The van der Waals surface area contributed by atoms with E-state index in [0.29, 0.717) is 25.9 Å². The van der Waals surface area contributed by atoms with Gasteiger partial charge in [0.05, 0.1) is 0 Å². The molecule has 1 N–H and O–H groups in total. The minimum atomic E-state index is -4.96. The molecule has 0 aromatic heterocycles. The van der Waals surface area contributed by atoms with Crippen molar-refractivity contribution in [1.82, 2.24) is 5.48 Å². The number of piperidine rings is 1. The number of hydroxylamine groups is 1. The van der Waals surface area contributed by atoms with E-state index in [2.05, 4.69) is 15.2 Å². The predicted molar refractivity (Wildman–Crippen MR) is 71.7 cm³/mol. The van der Waals surface area contributed by atoms with Crippen molar-refractivity contribution in [1.29, 1.82) is 0 Å². The number of alkyl halides is 3. The maximum absolute atomic E-state index is 12.0. The van der Waals surface area contributed by atoms with Gasteiger partial charge in [0.25, 0.3) is 0 Å². The van der Waals surface area contributed by atoms with E-state index in [4.69, 9.17) is 0 Å². The molecule has 1 aromatic rings. The van der Waals surface area contributed by atoms with Crippen LogP contribution >= 0.6 is 0 Å². The SMILES string of the molecule is Cc1ccc(N2CCC(NOC(=O)C(F)(F)F)CC2)cc1. The molecule has 0 radical (unpaired) electrons. The van der Waals surface area contributed by atoms with Crippen LogP contribution in [0.5, 0.6) is 0 Å². The van der Waals surface area contributed by atoms with E-state index >= 15 is 0 Å². The molecule has 7 heteroatoms. The Morgan fingerprint density at radius 1 is 1.24 bits per heavy atom. The summed E-state index contributed by atoms with van der Waals surface area (Å²) in [6.07, 6.45) is -3.74. The number of anilines is 1. The van der Waals surface area contributed by atoms with Gasteiger partial charge >= 0.3 is 12.1 Å². The summed E-state index contributed by atoms with van der Waals surface area (Å²) in [6.45, 7) is 3.41. The zero-order valence-corrected chi connectivity index (χ0v) is 11.6. The Bertz CT molecular complexity index is 480. The van der Waals surface area contributed by atoms with Gasteiger partial charge in [-0.05, 0) is 31.9 Å². The molecule has 1 heterocycles. The average Bonchev–Trinajstić information content (AvgIpc) is 2.45. The first kappa shape index (κ1) is 15.6. The average molecular weight is 302 g/mol. The lowest BCUT2D eigenvalue weighted by Gasteiger charge is -2.33. The van der Waals surface area contributed by atoms with E-state index in [0.717, 1.165) is 5.69 Å². The zero-order chi connectivity index (χ0) is 15.5. The molecule has 1 aromatic carbocycles. The number of benzene rings is 1. The molecule has 0 amide bonds. The Hall–Kier alpha value is -1.76.